The van der Waals surface area contributed by atoms with Gasteiger partial charge in [-0.3, -0.25) is 20.4 Å². The molecular formula is C9H13N5O2. The number of aromatic nitrogens is 1. The maximum atomic E-state index is 11.4. The van der Waals surface area contributed by atoms with E-state index < -0.39 is 11.8 Å². The molecule has 0 spiro atoms. The van der Waals surface area contributed by atoms with Crippen LogP contribution < -0.4 is 22.5 Å². The number of pyridine rings is 1. The molecule has 0 aliphatic rings. The van der Waals surface area contributed by atoms with Crippen LogP contribution in [0.5, 0.6) is 0 Å². The van der Waals surface area contributed by atoms with Crippen molar-refractivity contribution >= 4 is 11.8 Å². The van der Waals surface area contributed by atoms with E-state index in [-0.39, 0.29) is 11.3 Å². The van der Waals surface area contributed by atoms with Crippen LogP contribution in [0.25, 0.3) is 0 Å². The van der Waals surface area contributed by atoms with E-state index in [4.69, 9.17) is 11.7 Å². The van der Waals surface area contributed by atoms with Gasteiger partial charge in [0.25, 0.3) is 11.8 Å². The molecule has 0 aromatic carbocycles. The van der Waals surface area contributed by atoms with Crippen LogP contribution in [-0.4, -0.2) is 16.8 Å². The number of aryl methyl sites for hydroxylation is 1. The molecule has 0 atom stereocenters. The number of hydrogen-bond donors (Lipinski definition) is 4. The number of carbonyl (C=O) groups is 2. The average molecular weight is 223 g/mol. The molecule has 0 radical (unpaired) electrons. The van der Waals surface area contributed by atoms with Gasteiger partial charge in [0.15, 0.2) is 0 Å². The first-order valence-corrected chi connectivity index (χ1v) is 4.64. The molecule has 1 aromatic heterocycles. The Hall–Kier alpha value is -1.99. The van der Waals surface area contributed by atoms with E-state index >= 15 is 0 Å². The van der Waals surface area contributed by atoms with E-state index in [1.165, 1.54) is 6.20 Å². The molecule has 1 heterocycles. The summed E-state index contributed by atoms with van der Waals surface area (Å²) in [5.41, 5.74) is 4.74. The Morgan fingerprint density at radius 1 is 1.31 bits per heavy atom. The highest BCUT2D eigenvalue weighted by atomic mass is 16.2. The minimum absolute atomic E-state index is 0.0531. The summed E-state index contributed by atoms with van der Waals surface area (Å²) in [6.07, 6.45) is 2.21. The van der Waals surface area contributed by atoms with Crippen LogP contribution in [0.2, 0.25) is 0 Å². The van der Waals surface area contributed by atoms with Crippen molar-refractivity contribution in [1.82, 2.24) is 15.8 Å². The van der Waals surface area contributed by atoms with Crippen LogP contribution in [0.3, 0.4) is 0 Å². The zero-order valence-corrected chi connectivity index (χ0v) is 8.78. The van der Waals surface area contributed by atoms with Crippen molar-refractivity contribution in [2.75, 3.05) is 0 Å². The number of hydrazine groups is 2. The van der Waals surface area contributed by atoms with Crippen molar-refractivity contribution in [1.29, 1.82) is 0 Å². The molecule has 1 rings (SSSR count). The molecule has 7 nitrogen and oxygen atoms in total. The zero-order valence-electron chi connectivity index (χ0n) is 8.78. The van der Waals surface area contributed by atoms with Crippen molar-refractivity contribution < 1.29 is 9.59 Å². The maximum absolute atomic E-state index is 11.4. The smallest absolute Gasteiger partial charge is 0.284 e. The molecule has 0 aliphatic heterocycles. The second-order valence-electron chi connectivity index (χ2n) is 3.04. The topological polar surface area (TPSA) is 123 Å². The molecule has 0 unspecified atom stereocenters. The lowest BCUT2D eigenvalue weighted by Gasteiger charge is -2.07. The standard InChI is InChI=1S/C9H13N5O2/c1-2-5-3-6(8(15)13-10)7(12-4-5)9(16)14-11/h3-4H,2,10-11H2,1H3,(H,13,15)(H,14,16). The summed E-state index contributed by atoms with van der Waals surface area (Å²) in [5.74, 6) is 8.78. The van der Waals surface area contributed by atoms with Crippen molar-refractivity contribution in [2.45, 2.75) is 13.3 Å². The lowest BCUT2D eigenvalue weighted by molar-refractivity contribution is 0.0915. The highest BCUT2D eigenvalue weighted by Crippen LogP contribution is 2.09. The van der Waals surface area contributed by atoms with Gasteiger partial charge in [-0.05, 0) is 18.1 Å². The van der Waals surface area contributed by atoms with Crippen LogP contribution in [-0.2, 0) is 6.42 Å². The Morgan fingerprint density at radius 3 is 2.44 bits per heavy atom. The summed E-state index contributed by atoms with van der Waals surface area (Å²) in [6.45, 7) is 1.91. The first kappa shape index (κ1) is 12.1. The molecular weight excluding hydrogens is 210 g/mol. The Labute approximate surface area is 92.2 Å². The van der Waals surface area contributed by atoms with Gasteiger partial charge in [0.1, 0.15) is 5.69 Å². The quantitative estimate of drug-likeness (QED) is 0.293. The summed E-state index contributed by atoms with van der Waals surface area (Å²) >= 11 is 0. The van der Waals surface area contributed by atoms with E-state index in [0.717, 1.165) is 5.56 Å². The van der Waals surface area contributed by atoms with Gasteiger partial charge in [0.2, 0.25) is 0 Å². The van der Waals surface area contributed by atoms with Gasteiger partial charge in [-0.25, -0.2) is 16.7 Å². The number of nitrogens with one attached hydrogen (secondary N) is 2. The predicted octanol–water partition coefficient (Wildman–Crippen LogP) is -1.15. The van der Waals surface area contributed by atoms with Gasteiger partial charge in [-0.1, -0.05) is 6.92 Å². The highest BCUT2D eigenvalue weighted by Gasteiger charge is 2.17. The van der Waals surface area contributed by atoms with Gasteiger partial charge in [-0.15, -0.1) is 0 Å². The van der Waals surface area contributed by atoms with Crippen molar-refractivity contribution in [2.24, 2.45) is 11.7 Å². The van der Waals surface area contributed by atoms with E-state index in [1.807, 2.05) is 17.8 Å². The largest absolute Gasteiger partial charge is 0.290 e. The van der Waals surface area contributed by atoms with E-state index in [1.54, 1.807) is 6.07 Å². The Bertz CT molecular complexity index is 418. The minimum atomic E-state index is -0.638. The van der Waals surface area contributed by atoms with Crippen LogP contribution in [0.15, 0.2) is 12.3 Å². The number of hydrogen-bond acceptors (Lipinski definition) is 5. The molecule has 0 fully saturated rings. The Kier molecular flexibility index (Phi) is 3.92. The first-order valence-electron chi connectivity index (χ1n) is 4.64. The number of nitrogen functional groups attached to an aromatic ring is 2. The second kappa shape index (κ2) is 5.19. The van der Waals surface area contributed by atoms with Gasteiger partial charge in [0, 0.05) is 6.20 Å². The fourth-order valence-electron chi connectivity index (χ4n) is 1.20. The number of amides is 2. The van der Waals surface area contributed by atoms with Crippen LogP contribution in [0.1, 0.15) is 33.3 Å². The fourth-order valence-corrected chi connectivity index (χ4v) is 1.20. The molecule has 0 bridgehead atoms. The predicted molar refractivity (Wildman–Crippen MR) is 56.9 cm³/mol. The molecule has 7 heteroatoms. The monoisotopic (exact) mass is 223 g/mol. The van der Waals surface area contributed by atoms with Gasteiger partial charge in [0.05, 0.1) is 5.56 Å². The minimum Gasteiger partial charge on any atom is -0.290 e. The Balaban J connectivity index is 3.26. The third-order valence-electron chi connectivity index (χ3n) is 2.07. The lowest BCUT2D eigenvalue weighted by Crippen LogP contribution is -2.36. The zero-order chi connectivity index (χ0) is 12.1. The molecule has 2 amide bonds. The number of nitrogens with zero attached hydrogens (tertiary/aromatic N) is 1. The highest BCUT2D eigenvalue weighted by molar-refractivity contribution is 6.05. The fraction of sp³-hybridized carbons (Fsp3) is 0.222. The third kappa shape index (κ3) is 2.33. The maximum Gasteiger partial charge on any atom is 0.284 e. The SMILES string of the molecule is CCc1cnc(C(=O)NN)c(C(=O)NN)c1. The molecule has 6 N–H and O–H groups in total. The average Bonchev–Trinajstić information content (AvgIpc) is 2.36. The van der Waals surface area contributed by atoms with Gasteiger partial charge in [-0.2, -0.15) is 0 Å². The molecule has 86 valence electrons. The van der Waals surface area contributed by atoms with Crippen molar-refractivity contribution in [3.8, 4) is 0 Å². The van der Waals surface area contributed by atoms with E-state index in [0.29, 0.717) is 6.42 Å². The first-order chi connectivity index (χ1) is 7.63. The van der Waals surface area contributed by atoms with Crippen LogP contribution >= 0.6 is 0 Å². The lowest BCUT2D eigenvalue weighted by atomic mass is 10.1. The van der Waals surface area contributed by atoms with E-state index in [9.17, 15) is 9.59 Å². The van der Waals surface area contributed by atoms with Gasteiger partial charge < -0.3 is 0 Å². The van der Waals surface area contributed by atoms with Crippen LogP contribution in [0, 0.1) is 0 Å². The number of carbonyl (C=O) groups excluding carboxylic acids is 2. The van der Waals surface area contributed by atoms with Crippen molar-refractivity contribution in [3.63, 3.8) is 0 Å². The normalized spacial score (nSPS) is 9.69. The number of rotatable bonds is 3. The van der Waals surface area contributed by atoms with Gasteiger partial charge >= 0.3 is 0 Å². The molecule has 0 aliphatic carbocycles. The summed E-state index contributed by atoms with van der Waals surface area (Å²) in [4.78, 5) is 26.6. The molecule has 1 aromatic rings. The second-order valence-corrected chi connectivity index (χ2v) is 3.04. The summed E-state index contributed by atoms with van der Waals surface area (Å²) < 4.78 is 0. The molecule has 0 saturated heterocycles. The molecule has 0 saturated carbocycles. The van der Waals surface area contributed by atoms with Crippen LogP contribution in [0.4, 0.5) is 0 Å². The summed E-state index contributed by atoms with van der Waals surface area (Å²) in [5, 5.41) is 0. The Morgan fingerprint density at radius 2 is 1.94 bits per heavy atom. The van der Waals surface area contributed by atoms with E-state index in [2.05, 4.69) is 4.98 Å². The van der Waals surface area contributed by atoms with Crippen molar-refractivity contribution in [3.05, 3.63) is 29.1 Å². The summed E-state index contributed by atoms with van der Waals surface area (Å²) in [7, 11) is 0. The third-order valence-corrected chi connectivity index (χ3v) is 2.07. The molecule has 16 heavy (non-hydrogen) atoms. The number of nitrogens with two attached hydrogens (primary N) is 2. The summed E-state index contributed by atoms with van der Waals surface area (Å²) in [6, 6.07) is 1.56.